The molecule has 3 saturated heterocycles. The van der Waals surface area contributed by atoms with E-state index >= 15 is 0 Å². The van der Waals surface area contributed by atoms with Crippen molar-refractivity contribution in [3.05, 3.63) is 54.6 Å². The second-order valence-corrected chi connectivity index (χ2v) is 12.2. The van der Waals surface area contributed by atoms with E-state index in [2.05, 4.69) is 13.2 Å². The van der Waals surface area contributed by atoms with E-state index in [4.69, 9.17) is 4.74 Å². The maximum Gasteiger partial charge on any atom is 0.311 e. The van der Waals surface area contributed by atoms with E-state index < -0.39 is 33.3 Å². The molecule has 4 rings (SSSR count). The summed E-state index contributed by atoms with van der Waals surface area (Å²) < 4.78 is 4.24. The van der Waals surface area contributed by atoms with Gasteiger partial charge in [0.2, 0.25) is 5.91 Å². The van der Waals surface area contributed by atoms with Crippen molar-refractivity contribution in [1.82, 2.24) is 4.90 Å². The zero-order valence-corrected chi connectivity index (χ0v) is 22.2. The fraction of sp³-hybridized carbons (Fsp3) is 0.536. The lowest BCUT2D eigenvalue weighted by atomic mass is 9.66. The van der Waals surface area contributed by atoms with Crippen LogP contribution in [-0.2, 0) is 19.1 Å². The summed E-state index contributed by atoms with van der Waals surface area (Å²) in [5.41, 5.74) is 2.78. The zero-order chi connectivity index (χ0) is 26.3. The number of hydrogen-bond donors (Lipinski definition) is 1. The number of rotatable bonds is 10. The molecule has 5 atom stereocenters. The van der Waals surface area contributed by atoms with Gasteiger partial charge in [0.05, 0.1) is 16.6 Å². The minimum absolute atomic E-state index is 0.0837. The molecule has 0 aromatic heterocycles. The third-order valence-electron chi connectivity index (χ3n) is 7.90. The molecule has 2 unspecified atom stereocenters. The first-order chi connectivity index (χ1) is 17.1. The third kappa shape index (κ3) is 4.08. The van der Waals surface area contributed by atoms with Gasteiger partial charge in [0.25, 0.3) is 5.91 Å². The highest BCUT2D eigenvalue weighted by atomic mass is 32.2. The lowest BCUT2D eigenvalue weighted by Crippen LogP contribution is -2.55. The molecule has 2 bridgehead atoms. The SMILES string of the molecule is C=CCOC(=O)[C@@H]1[C@H]2C(=O)N(CCCO)C(C(=O)N(CC=C)c3cc(C)ccc3C)C23CC[C@@]1(C)S3. The third-order valence-corrected chi connectivity index (χ3v) is 9.88. The van der Waals surface area contributed by atoms with E-state index in [1.54, 1.807) is 27.6 Å². The number of anilines is 1. The molecule has 0 radical (unpaired) electrons. The highest BCUT2D eigenvalue weighted by Crippen LogP contribution is 2.71. The van der Waals surface area contributed by atoms with Gasteiger partial charge in [-0.3, -0.25) is 14.4 Å². The molecule has 1 aromatic carbocycles. The summed E-state index contributed by atoms with van der Waals surface area (Å²) >= 11 is 1.61. The van der Waals surface area contributed by atoms with E-state index in [9.17, 15) is 19.5 Å². The van der Waals surface area contributed by atoms with Gasteiger partial charge in [-0.25, -0.2) is 0 Å². The van der Waals surface area contributed by atoms with Crippen LogP contribution in [0.4, 0.5) is 5.69 Å². The molecule has 1 N–H and O–H groups in total. The van der Waals surface area contributed by atoms with Crippen LogP contribution in [-0.4, -0.2) is 69.6 Å². The molecule has 1 spiro atoms. The van der Waals surface area contributed by atoms with Crippen LogP contribution in [0, 0.1) is 25.7 Å². The van der Waals surface area contributed by atoms with Crippen molar-refractivity contribution in [2.24, 2.45) is 11.8 Å². The molecule has 2 amide bonds. The minimum Gasteiger partial charge on any atom is -0.461 e. The second kappa shape index (κ2) is 10.1. The second-order valence-electron chi connectivity index (χ2n) is 10.3. The van der Waals surface area contributed by atoms with Crippen molar-refractivity contribution < 1.29 is 24.2 Å². The highest BCUT2D eigenvalue weighted by Gasteiger charge is 2.77. The number of esters is 1. The summed E-state index contributed by atoms with van der Waals surface area (Å²) in [6.45, 7) is 14.0. The first-order valence-electron chi connectivity index (χ1n) is 12.5. The Hall–Kier alpha value is -2.58. The average Bonchev–Trinajstić information content (AvgIpc) is 3.41. The van der Waals surface area contributed by atoms with Crippen LogP contribution in [0.2, 0.25) is 0 Å². The normalized spacial score (nSPS) is 30.3. The van der Waals surface area contributed by atoms with Crippen molar-refractivity contribution in [1.29, 1.82) is 0 Å². The van der Waals surface area contributed by atoms with Gasteiger partial charge in [-0.1, -0.05) is 30.9 Å². The number of thioether (sulfide) groups is 1. The highest BCUT2D eigenvalue weighted by molar-refractivity contribution is 8.02. The molecule has 7 nitrogen and oxygen atoms in total. The molecule has 3 aliphatic heterocycles. The molecule has 36 heavy (non-hydrogen) atoms. The van der Waals surface area contributed by atoms with Crippen LogP contribution < -0.4 is 4.90 Å². The Morgan fingerprint density at radius 2 is 2.03 bits per heavy atom. The molecule has 3 heterocycles. The monoisotopic (exact) mass is 512 g/mol. The van der Waals surface area contributed by atoms with Crippen LogP contribution in [0.25, 0.3) is 0 Å². The van der Waals surface area contributed by atoms with Crippen LogP contribution >= 0.6 is 11.8 Å². The number of aliphatic hydroxyl groups is 1. The van der Waals surface area contributed by atoms with Crippen molar-refractivity contribution in [3.63, 3.8) is 0 Å². The number of aliphatic hydroxyl groups excluding tert-OH is 1. The van der Waals surface area contributed by atoms with E-state index in [1.807, 2.05) is 39.0 Å². The summed E-state index contributed by atoms with van der Waals surface area (Å²) in [7, 11) is 0. The number of hydrogen-bond acceptors (Lipinski definition) is 6. The Morgan fingerprint density at radius 1 is 1.28 bits per heavy atom. The number of nitrogens with zero attached hydrogens (tertiary/aromatic N) is 2. The standard InChI is InChI=1S/C28H36N2O5S/c1-6-13-29(20-17-18(3)9-10-19(20)4)25(33)23-28-12-11-27(5,36-28)22(26(34)35-16-7-2)21(28)24(32)30(23)14-8-15-31/h6-7,9-10,17,21-23,31H,1-2,8,11-16H2,3-5H3/t21-,22-,23?,27+,28?/m0/s1. The van der Waals surface area contributed by atoms with Gasteiger partial charge in [0, 0.05) is 30.1 Å². The van der Waals surface area contributed by atoms with Crippen molar-refractivity contribution in [3.8, 4) is 0 Å². The Kier molecular flexibility index (Phi) is 7.40. The van der Waals surface area contributed by atoms with Gasteiger partial charge in [-0.15, -0.1) is 18.3 Å². The van der Waals surface area contributed by atoms with Gasteiger partial charge in [-0.2, -0.15) is 0 Å². The lowest BCUT2D eigenvalue weighted by molar-refractivity contribution is -0.154. The number of likely N-dealkylation sites (tertiary alicyclic amines) is 1. The summed E-state index contributed by atoms with van der Waals surface area (Å²) in [5.74, 6) is -2.05. The van der Waals surface area contributed by atoms with Crippen LogP contribution in [0.3, 0.4) is 0 Å². The molecule has 8 heteroatoms. The number of carbonyl (C=O) groups excluding carboxylic acids is 3. The van der Waals surface area contributed by atoms with E-state index in [1.165, 1.54) is 6.08 Å². The first kappa shape index (κ1) is 26.5. The minimum atomic E-state index is -0.745. The first-order valence-corrected chi connectivity index (χ1v) is 13.4. The smallest absolute Gasteiger partial charge is 0.311 e. The van der Waals surface area contributed by atoms with E-state index in [0.29, 0.717) is 19.4 Å². The van der Waals surface area contributed by atoms with Crippen molar-refractivity contribution >= 4 is 35.2 Å². The number of aryl methyl sites for hydroxylation is 2. The quantitative estimate of drug-likeness (QED) is 0.382. The molecular formula is C28H36N2O5S. The fourth-order valence-corrected chi connectivity index (χ4v) is 8.71. The number of ether oxygens (including phenoxy) is 1. The predicted octanol–water partition coefficient (Wildman–Crippen LogP) is 3.42. The summed E-state index contributed by atoms with van der Waals surface area (Å²) in [5, 5.41) is 9.55. The van der Waals surface area contributed by atoms with Gasteiger partial charge in [0.1, 0.15) is 12.6 Å². The molecule has 1 aromatic rings. The zero-order valence-electron chi connectivity index (χ0n) is 21.4. The van der Waals surface area contributed by atoms with E-state index in [-0.39, 0.29) is 31.6 Å². The Labute approximate surface area is 217 Å². The van der Waals surface area contributed by atoms with Crippen LogP contribution in [0.5, 0.6) is 0 Å². The Balaban J connectivity index is 1.80. The number of carbonyl (C=O) groups is 3. The van der Waals surface area contributed by atoms with Gasteiger partial charge >= 0.3 is 5.97 Å². The predicted molar refractivity (Wildman–Crippen MR) is 142 cm³/mol. The number of benzene rings is 1. The molecule has 3 fully saturated rings. The van der Waals surface area contributed by atoms with Crippen LogP contribution in [0.15, 0.2) is 43.5 Å². The Bertz CT molecular complexity index is 1090. The number of fused-ring (bicyclic) bond motifs is 1. The van der Waals surface area contributed by atoms with E-state index in [0.717, 1.165) is 23.2 Å². The topological polar surface area (TPSA) is 87.1 Å². The maximum atomic E-state index is 14.5. The molecule has 3 aliphatic rings. The molecular weight excluding hydrogens is 476 g/mol. The maximum absolute atomic E-state index is 14.5. The molecule has 0 aliphatic carbocycles. The largest absolute Gasteiger partial charge is 0.461 e. The molecule has 194 valence electrons. The van der Waals surface area contributed by atoms with Crippen molar-refractivity contribution in [2.45, 2.75) is 55.6 Å². The molecule has 0 saturated carbocycles. The van der Waals surface area contributed by atoms with Gasteiger partial charge in [0.15, 0.2) is 0 Å². The van der Waals surface area contributed by atoms with Crippen molar-refractivity contribution in [2.75, 3.05) is 31.2 Å². The Morgan fingerprint density at radius 3 is 2.69 bits per heavy atom. The number of amides is 2. The van der Waals surface area contributed by atoms with Crippen LogP contribution in [0.1, 0.15) is 37.3 Å². The lowest BCUT2D eigenvalue weighted by Gasteiger charge is -2.37. The fourth-order valence-electron chi connectivity index (χ4n) is 6.37. The van der Waals surface area contributed by atoms with Gasteiger partial charge in [-0.05, 0) is 57.2 Å². The van der Waals surface area contributed by atoms with Gasteiger partial charge < -0.3 is 19.6 Å². The summed E-state index contributed by atoms with van der Waals surface area (Å²) in [6, 6.07) is 5.23. The summed E-state index contributed by atoms with van der Waals surface area (Å²) in [6.07, 6.45) is 4.95. The average molecular weight is 513 g/mol. The summed E-state index contributed by atoms with van der Waals surface area (Å²) in [4.78, 5) is 45.0.